The van der Waals surface area contributed by atoms with Crippen molar-refractivity contribution in [2.75, 3.05) is 6.61 Å². The zero-order valence-electron chi connectivity index (χ0n) is 12.5. The second kappa shape index (κ2) is 4.88. The van der Waals surface area contributed by atoms with Gasteiger partial charge in [0.25, 0.3) is 0 Å². The van der Waals surface area contributed by atoms with E-state index in [0.717, 1.165) is 5.56 Å². The molecule has 2 saturated heterocycles. The fourth-order valence-electron chi connectivity index (χ4n) is 3.03. The number of ether oxygens (including phenoxy) is 3. The minimum Gasteiger partial charge on any atom is -0.393 e. The van der Waals surface area contributed by atoms with Gasteiger partial charge in [0.05, 0.1) is 6.61 Å². The number of carbonyl (C=O) groups excluding carboxylic acids is 1. The highest BCUT2D eigenvalue weighted by atomic mass is 16.8. The Morgan fingerprint density at radius 2 is 2.00 bits per heavy atom. The van der Waals surface area contributed by atoms with Crippen LogP contribution in [0.2, 0.25) is 0 Å². The van der Waals surface area contributed by atoms with Gasteiger partial charge in [0.2, 0.25) is 0 Å². The Morgan fingerprint density at radius 3 is 2.62 bits per heavy atom. The van der Waals surface area contributed by atoms with E-state index in [4.69, 9.17) is 14.2 Å². The van der Waals surface area contributed by atoms with Crippen molar-refractivity contribution in [3.63, 3.8) is 0 Å². The second-order valence-electron chi connectivity index (χ2n) is 6.16. The summed E-state index contributed by atoms with van der Waals surface area (Å²) in [4.78, 5) is 12.8. The maximum absolute atomic E-state index is 12.8. The summed E-state index contributed by atoms with van der Waals surface area (Å²) in [5.41, 5.74) is 0.140. The molecule has 2 aliphatic heterocycles. The summed E-state index contributed by atoms with van der Waals surface area (Å²) >= 11 is 0. The molecular weight excluding hydrogens is 272 g/mol. The molecule has 1 unspecified atom stereocenters. The number of carbonyl (C=O) groups is 1. The molecule has 5 heteroatoms. The van der Waals surface area contributed by atoms with Crippen molar-refractivity contribution >= 4 is 5.78 Å². The minimum atomic E-state index is -1.28. The summed E-state index contributed by atoms with van der Waals surface area (Å²) in [5, 5.41) is 9.77. The third-order valence-electron chi connectivity index (χ3n) is 4.07. The van der Waals surface area contributed by atoms with Crippen molar-refractivity contribution < 1.29 is 24.1 Å². The van der Waals surface area contributed by atoms with Gasteiger partial charge in [-0.05, 0) is 26.3 Å². The number of aryl methyl sites for hydroxylation is 1. The van der Waals surface area contributed by atoms with E-state index >= 15 is 0 Å². The minimum absolute atomic E-state index is 0.220. The van der Waals surface area contributed by atoms with E-state index in [-0.39, 0.29) is 18.5 Å². The lowest BCUT2D eigenvalue weighted by Crippen LogP contribution is -2.44. The lowest BCUT2D eigenvalue weighted by atomic mass is 9.88. The Morgan fingerprint density at radius 1 is 1.29 bits per heavy atom. The van der Waals surface area contributed by atoms with Crippen molar-refractivity contribution in [2.45, 2.75) is 51.0 Å². The van der Waals surface area contributed by atoms with Gasteiger partial charge in [-0.3, -0.25) is 4.79 Å². The van der Waals surface area contributed by atoms with E-state index in [9.17, 15) is 9.90 Å². The molecule has 2 heterocycles. The first kappa shape index (κ1) is 14.7. The van der Waals surface area contributed by atoms with Crippen molar-refractivity contribution in [3.05, 3.63) is 35.4 Å². The van der Waals surface area contributed by atoms with E-state index in [1.54, 1.807) is 26.0 Å². The van der Waals surface area contributed by atoms with E-state index in [1.165, 1.54) is 0 Å². The van der Waals surface area contributed by atoms with Crippen LogP contribution in [-0.4, -0.2) is 41.3 Å². The number of fused-ring (bicyclic) bond motifs is 1. The lowest BCUT2D eigenvalue weighted by Gasteiger charge is -2.28. The van der Waals surface area contributed by atoms with Gasteiger partial charge in [-0.2, -0.15) is 0 Å². The first-order valence-corrected chi connectivity index (χ1v) is 7.12. The maximum atomic E-state index is 12.8. The van der Waals surface area contributed by atoms with Crippen LogP contribution in [0.5, 0.6) is 0 Å². The monoisotopic (exact) mass is 292 g/mol. The van der Waals surface area contributed by atoms with Crippen LogP contribution < -0.4 is 0 Å². The smallest absolute Gasteiger partial charge is 0.197 e. The molecule has 0 aromatic heterocycles. The van der Waals surface area contributed by atoms with Crippen LogP contribution in [-0.2, 0) is 14.2 Å². The van der Waals surface area contributed by atoms with Gasteiger partial charge in [0.15, 0.2) is 23.5 Å². The molecule has 114 valence electrons. The molecule has 5 nitrogen and oxygen atoms in total. The first-order chi connectivity index (χ1) is 9.87. The second-order valence-corrected chi connectivity index (χ2v) is 6.16. The standard InChI is InChI=1S/C16H20O5/c1-10-6-4-5-7-11(10)13(18)16(9-17)8-12-14(21-16)20-15(2,3)19-12/h4-7,12,14,17H,8-9H2,1-3H3/t12-,14?,16+/m1/s1. The van der Waals surface area contributed by atoms with Crippen LogP contribution in [0.15, 0.2) is 24.3 Å². The van der Waals surface area contributed by atoms with Gasteiger partial charge < -0.3 is 19.3 Å². The number of rotatable bonds is 3. The summed E-state index contributed by atoms with van der Waals surface area (Å²) in [5.74, 6) is -0.939. The average molecular weight is 292 g/mol. The molecule has 2 aliphatic rings. The molecule has 0 aliphatic carbocycles. The molecule has 0 bridgehead atoms. The normalized spacial score (nSPS) is 33.9. The van der Waals surface area contributed by atoms with Crippen LogP contribution in [0.1, 0.15) is 36.2 Å². The van der Waals surface area contributed by atoms with Crippen LogP contribution in [0.3, 0.4) is 0 Å². The van der Waals surface area contributed by atoms with Crippen LogP contribution >= 0.6 is 0 Å². The molecule has 3 rings (SSSR count). The third kappa shape index (κ3) is 2.40. The number of hydrogen-bond donors (Lipinski definition) is 1. The zero-order chi connectivity index (χ0) is 15.3. The van der Waals surface area contributed by atoms with Gasteiger partial charge in [-0.25, -0.2) is 0 Å². The SMILES string of the molecule is Cc1ccccc1C(=O)[C@@]1(CO)C[C@H]2OC(C)(C)OC2O1. The Balaban J connectivity index is 1.87. The Hall–Kier alpha value is -1.27. The number of ketones is 1. The van der Waals surface area contributed by atoms with E-state index in [2.05, 4.69) is 0 Å². The highest BCUT2D eigenvalue weighted by Crippen LogP contribution is 2.43. The molecule has 0 spiro atoms. The van der Waals surface area contributed by atoms with E-state index in [1.807, 2.05) is 19.1 Å². The van der Waals surface area contributed by atoms with Crippen molar-refractivity contribution in [1.29, 1.82) is 0 Å². The molecule has 1 aromatic rings. The van der Waals surface area contributed by atoms with Crippen molar-refractivity contribution in [3.8, 4) is 0 Å². The van der Waals surface area contributed by atoms with Crippen molar-refractivity contribution in [2.24, 2.45) is 0 Å². The van der Waals surface area contributed by atoms with Gasteiger partial charge in [-0.1, -0.05) is 24.3 Å². The summed E-state index contributed by atoms with van der Waals surface area (Å²) in [6.07, 6.45) is -0.648. The quantitative estimate of drug-likeness (QED) is 0.861. The number of Topliss-reactive ketones (excluding diaryl/α,β-unsaturated/α-hetero) is 1. The number of benzene rings is 1. The predicted molar refractivity (Wildman–Crippen MR) is 74.9 cm³/mol. The van der Waals surface area contributed by atoms with Crippen molar-refractivity contribution in [1.82, 2.24) is 0 Å². The largest absolute Gasteiger partial charge is 0.393 e. The fraction of sp³-hybridized carbons (Fsp3) is 0.562. The Bertz CT molecular complexity index is 550. The molecule has 0 saturated carbocycles. The van der Waals surface area contributed by atoms with Gasteiger partial charge in [0.1, 0.15) is 6.10 Å². The summed E-state index contributed by atoms with van der Waals surface area (Å²) < 4.78 is 17.2. The topological polar surface area (TPSA) is 65.0 Å². The highest BCUT2D eigenvalue weighted by molar-refractivity contribution is 6.04. The van der Waals surface area contributed by atoms with Gasteiger partial charge in [-0.15, -0.1) is 0 Å². The summed E-state index contributed by atoms with van der Waals surface area (Å²) in [7, 11) is 0. The predicted octanol–water partition coefficient (Wildman–Crippen LogP) is 1.81. The molecule has 3 atom stereocenters. The van der Waals surface area contributed by atoms with Crippen LogP contribution in [0.4, 0.5) is 0 Å². The Labute approximate surface area is 123 Å². The first-order valence-electron chi connectivity index (χ1n) is 7.12. The summed E-state index contributed by atoms with van der Waals surface area (Å²) in [6.45, 7) is 5.08. The average Bonchev–Trinajstić information content (AvgIpc) is 2.89. The summed E-state index contributed by atoms with van der Waals surface area (Å²) in [6, 6.07) is 7.29. The zero-order valence-corrected chi connectivity index (χ0v) is 12.5. The molecule has 1 N–H and O–H groups in total. The van der Waals surface area contributed by atoms with E-state index < -0.39 is 17.7 Å². The highest BCUT2D eigenvalue weighted by Gasteiger charge is 2.58. The molecule has 1 aromatic carbocycles. The van der Waals surface area contributed by atoms with Crippen LogP contribution in [0, 0.1) is 6.92 Å². The van der Waals surface area contributed by atoms with Gasteiger partial charge in [0, 0.05) is 12.0 Å². The van der Waals surface area contributed by atoms with E-state index in [0.29, 0.717) is 12.0 Å². The maximum Gasteiger partial charge on any atom is 0.197 e. The number of aliphatic hydroxyl groups is 1. The molecule has 0 radical (unpaired) electrons. The molecule has 2 fully saturated rings. The molecule has 0 amide bonds. The Kier molecular flexibility index (Phi) is 3.41. The number of aliphatic hydroxyl groups excluding tert-OH is 1. The van der Waals surface area contributed by atoms with Gasteiger partial charge >= 0.3 is 0 Å². The number of hydrogen-bond acceptors (Lipinski definition) is 5. The van der Waals surface area contributed by atoms with Crippen LogP contribution in [0.25, 0.3) is 0 Å². The third-order valence-corrected chi connectivity index (χ3v) is 4.07. The fourth-order valence-corrected chi connectivity index (χ4v) is 3.03. The molecule has 21 heavy (non-hydrogen) atoms. The molecular formula is C16H20O5. The lowest BCUT2D eigenvalue weighted by molar-refractivity contribution is -0.220.